The maximum Gasteiger partial charge on any atom is 0.415 e. The van der Waals surface area contributed by atoms with Gasteiger partial charge >= 0.3 is 6.09 Å². The number of halogens is 2. The summed E-state index contributed by atoms with van der Waals surface area (Å²) in [6.45, 7) is 2.67. The summed E-state index contributed by atoms with van der Waals surface area (Å²) < 4.78 is 21.2. The van der Waals surface area contributed by atoms with Crippen molar-refractivity contribution in [2.24, 2.45) is 5.73 Å². The molecule has 0 saturated carbocycles. The molecule has 3 amide bonds. The molecule has 0 unspecified atom stereocenters. The summed E-state index contributed by atoms with van der Waals surface area (Å²) in [6.07, 6.45) is -0.909. The molecule has 0 saturated heterocycles. The fraction of sp³-hybridized carbons (Fsp3) is 0.400. The highest BCUT2D eigenvalue weighted by molar-refractivity contribution is 6.34. The SMILES string of the molecule is CN(CC(=O)NCCOCCOCCOCCN)C(=O)Oc1ccc(Cl)cc1C(=O)Nc1ccc([N+](=O)[O-])cc1Cl. The molecule has 0 radical (unpaired) electrons. The first kappa shape index (κ1) is 33.7. The highest BCUT2D eigenvalue weighted by atomic mass is 35.5. The van der Waals surface area contributed by atoms with Gasteiger partial charge in [0, 0.05) is 37.3 Å². The zero-order valence-corrected chi connectivity index (χ0v) is 23.7. The number of likely N-dealkylation sites (N-methyl/N-ethyl adjacent to an activating group) is 1. The van der Waals surface area contributed by atoms with Gasteiger partial charge in [-0.2, -0.15) is 0 Å². The molecule has 16 heteroatoms. The number of nitro groups is 1. The van der Waals surface area contributed by atoms with E-state index >= 15 is 0 Å². The van der Waals surface area contributed by atoms with Crippen molar-refractivity contribution >= 4 is 52.5 Å². The number of carbonyl (C=O) groups excluding carboxylic acids is 3. The normalized spacial score (nSPS) is 10.6. The molecule has 0 bridgehead atoms. The fourth-order valence-corrected chi connectivity index (χ4v) is 3.47. The topological polar surface area (TPSA) is 185 Å². The number of carbonyl (C=O) groups is 3. The Hall–Kier alpha value is -3.53. The first-order valence-electron chi connectivity index (χ1n) is 12.3. The summed E-state index contributed by atoms with van der Waals surface area (Å²) in [5.41, 5.74) is 5.04. The van der Waals surface area contributed by atoms with E-state index in [0.29, 0.717) is 39.6 Å². The highest BCUT2D eigenvalue weighted by Crippen LogP contribution is 2.29. The van der Waals surface area contributed by atoms with Crippen LogP contribution in [0.1, 0.15) is 10.4 Å². The van der Waals surface area contributed by atoms with Crippen LogP contribution in [-0.4, -0.2) is 94.1 Å². The molecule has 0 aliphatic carbocycles. The number of benzene rings is 2. The number of nitrogens with one attached hydrogen (secondary N) is 2. The third-order valence-corrected chi connectivity index (χ3v) is 5.61. The summed E-state index contributed by atoms with van der Waals surface area (Å²) >= 11 is 12.1. The summed E-state index contributed by atoms with van der Waals surface area (Å²) in [5.74, 6) is -1.33. The van der Waals surface area contributed by atoms with Crippen LogP contribution in [0.15, 0.2) is 36.4 Å². The molecule has 14 nitrogen and oxygen atoms in total. The van der Waals surface area contributed by atoms with Gasteiger partial charge in [0.25, 0.3) is 11.6 Å². The Morgan fingerprint density at radius 3 is 2.27 bits per heavy atom. The van der Waals surface area contributed by atoms with Crippen LogP contribution in [0.2, 0.25) is 10.0 Å². The molecule has 224 valence electrons. The largest absolute Gasteiger partial charge is 0.415 e. The smallest absolute Gasteiger partial charge is 0.409 e. The third-order valence-electron chi connectivity index (χ3n) is 5.06. The number of ether oxygens (including phenoxy) is 4. The number of nitrogens with zero attached hydrogens (tertiary/aromatic N) is 2. The van der Waals surface area contributed by atoms with Crippen molar-refractivity contribution in [1.29, 1.82) is 0 Å². The quantitative estimate of drug-likeness (QED) is 0.136. The molecule has 0 aromatic heterocycles. The average molecular weight is 616 g/mol. The second-order valence-corrected chi connectivity index (χ2v) is 9.06. The summed E-state index contributed by atoms with van der Waals surface area (Å²) in [6, 6.07) is 7.51. The molecule has 0 heterocycles. The summed E-state index contributed by atoms with van der Waals surface area (Å²) in [7, 11) is 1.35. The Labute approximate surface area is 246 Å². The summed E-state index contributed by atoms with van der Waals surface area (Å²) in [5, 5.41) is 16.1. The van der Waals surface area contributed by atoms with Crippen LogP contribution >= 0.6 is 23.2 Å². The van der Waals surface area contributed by atoms with Crippen molar-refractivity contribution in [1.82, 2.24) is 10.2 Å². The lowest BCUT2D eigenvalue weighted by Gasteiger charge is -2.18. The van der Waals surface area contributed by atoms with Crippen LogP contribution in [0.25, 0.3) is 0 Å². The van der Waals surface area contributed by atoms with Crippen LogP contribution in [0, 0.1) is 10.1 Å². The number of non-ortho nitro benzene ring substituents is 1. The number of anilines is 1. The van der Waals surface area contributed by atoms with E-state index in [-0.39, 0.29) is 52.4 Å². The van der Waals surface area contributed by atoms with Gasteiger partial charge in [0.15, 0.2) is 0 Å². The Morgan fingerprint density at radius 2 is 1.63 bits per heavy atom. The van der Waals surface area contributed by atoms with Crippen molar-refractivity contribution < 1.29 is 38.3 Å². The van der Waals surface area contributed by atoms with Gasteiger partial charge in [-0.3, -0.25) is 19.7 Å². The van der Waals surface area contributed by atoms with Gasteiger partial charge in [-0.15, -0.1) is 0 Å². The minimum atomic E-state index is -0.909. The Balaban J connectivity index is 1.81. The Bertz CT molecular complexity index is 1200. The predicted octanol–water partition coefficient (Wildman–Crippen LogP) is 2.71. The lowest BCUT2D eigenvalue weighted by molar-refractivity contribution is -0.384. The van der Waals surface area contributed by atoms with Gasteiger partial charge in [0.05, 0.1) is 60.8 Å². The Morgan fingerprint density at radius 1 is 0.976 bits per heavy atom. The molecule has 2 rings (SSSR count). The lowest BCUT2D eigenvalue weighted by Crippen LogP contribution is -2.40. The minimum absolute atomic E-state index is 0.0678. The van der Waals surface area contributed by atoms with Gasteiger partial charge in [0.2, 0.25) is 5.91 Å². The monoisotopic (exact) mass is 615 g/mol. The average Bonchev–Trinajstić information content (AvgIpc) is 2.93. The molecule has 41 heavy (non-hydrogen) atoms. The van der Waals surface area contributed by atoms with Gasteiger partial charge in [-0.05, 0) is 24.3 Å². The number of nitrogens with two attached hydrogens (primary N) is 1. The number of hydrogen-bond donors (Lipinski definition) is 3. The van der Waals surface area contributed by atoms with E-state index in [9.17, 15) is 24.5 Å². The molecule has 0 atom stereocenters. The highest BCUT2D eigenvalue weighted by Gasteiger charge is 2.21. The van der Waals surface area contributed by atoms with Crippen LogP contribution in [-0.2, 0) is 19.0 Å². The lowest BCUT2D eigenvalue weighted by atomic mass is 10.1. The molecule has 0 spiro atoms. The molecule has 0 aliphatic heterocycles. The van der Waals surface area contributed by atoms with E-state index in [4.69, 9.17) is 47.9 Å². The van der Waals surface area contributed by atoms with Crippen molar-refractivity contribution in [2.75, 3.05) is 71.6 Å². The minimum Gasteiger partial charge on any atom is -0.409 e. The van der Waals surface area contributed by atoms with Crippen molar-refractivity contribution in [2.45, 2.75) is 0 Å². The molecular formula is C25H31Cl2N5O9. The van der Waals surface area contributed by atoms with Crippen molar-refractivity contribution in [3.05, 3.63) is 62.1 Å². The Kier molecular flexibility index (Phi) is 14.8. The van der Waals surface area contributed by atoms with Crippen LogP contribution in [0.3, 0.4) is 0 Å². The zero-order chi connectivity index (χ0) is 30.2. The molecule has 2 aromatic rings. The van der Waals surface area contributed by atoms with Crippen molar-refractivity contribution in [3.63, 3.8) is 0 Å². The van der Waals surface area contributed by atoms with Gasteiger partial charge < -0.3 is 40.2 Å². The van der Waals surface area contributed by atoms with Gasteiger partial charge in [-0.1, -0.05) is 23.2 Å². The number of nitro benzene ring substituents is 1. The van der Waals surface area contributed by atoms with Gasteiger partial charge in [-0.25, -0.2) is 4.79 Å². The van der Waals surface area contributed by atoms with E-state index < -0.39 is 22.8 Å². The number of hydrogen-bond acceptors (Lipinski definition) is 10. The molecule has 2 aromatic carbocycles. The van der Waals surface area contributed by atoms with E-state index in [1.807, 2.05) is 0 Å². The van der Waals surface area contributed by atoms with E-state index in [1.165, 1.54) is 37.4 Å². The van der Waals surface area contributed by atoms with E-state index in [2.05, 4.69) is 10.6 Å². The number of rotatable bonds is 17. The van der Waals surface area contributed by atoms with Crippen LogP contribution in [0.4, 0.5) is 16.2 Å². The van der Waals surface area contributed by atoms with E-state index in [0.717, 1.165) is 11.0 Å². The first-order chi connectivity index (χ1) is 19.6. The molecular weight excluding hydrogens is 585 g/mol. The van der Waals surface area contributed by atoms with E-state index in [1.54, 1.807) is 0 Å². The van der Waals surface area contributed by atoms with Gasteiger partial charge in [0.1, 0.15) is 12.3 Å². The van der Waals surface area contributed by atoms with Crippen molar-refractivity contribution in [3.8, 4) is 5.75 Å². The number of amides is 3. The fourth-order valence-electron chi connectivity index (χ4n) is 3.07. The van der Waals surface area contributed by atoms with Crippen LogP contribution < -0.4 is 21.1 Å². The second kappa shape index (κ2) is 18.0. The maximum absolute atomic E-state index is 12.9. The zero-order valence-electron chi connectivity index (χ0n) is 22.2. The maximum atomic E-state index is 12.9. The predicted molar refractivity (Wildman–Crippen MR) is 151 cm³/mol. The first-order valence-corrected chi connectivity index (χ1v) is 13.1. The summed E-state index contributed by atoms with van der Waals surface area (Å²) in [4.78, 5) is 49.0. The third kappa shape index (κ3) is 12.3. The van der Waals surface area contributed by atoms with Crippen LogP contribution in [0.5, 0.6) is 5.75 Å². The molecule has 0 aliphatic rings. The standard InChI is InChI=1S/C25H31Cl2N5O9/c1-31(16-23(33)29-7-9-39-11-13-40-12-10-38-8-6-28)25(35)41-22-5-2-17(26)14-19(22)24(34)30-21-4-3-18(32(36)37)15-20(21)27/h2-5,14-15H,6-13,16,28H2,1H3,(H,29,33)(H,30,34). The molecule has 0 fully saturated rings. The molecule has 4 N–H and O–H groups in total. The second-order valence-electron chi connectivity index (χ2n) is 8.22.